The quantitative estimate of drug-likeness (QED) is 0.562. The second kappa shape index (κ2) is 3.56. The van der Waals surface area contributed by atoms with Crippen LogP contribution in [0.1, 0.15) is 13.3 Å². The lowest BCUT2D eigenvalue weighted by atomic mass is 9.88. The molecule has 4 heteroatoms. The Hall–Kier alpha value is -1.06. The summed E-state index contributed by atoms with van der Waals surface area (Å²) in [6, 6.07) is 0. The number of piperidine rings is 1. The van der Waals surface area contributed by atoms with Crippen molar-refractivity contribution in [2.24, 2.45) is 11.8 Å². The summed E-state index contributed by atoms with van der Waals surface area (Å²) in [6.07, 6.45) is 0.416. The van der Waals surface area contributed by atoms with Gasteiger partial charge in [0.25, 0.3) is 0 Å². The van der Waals surface area contributed by atoms with Gasteiger partial charge in [-0.2, -0.15) is 0 Å². The Labute approximate surface area is 71.3 Å². The van der Waals surface area contributed by atoms with Gasteiger partial charge in [-0.3, -0.25) is 9.59 Å². The van der Waals surface area contributed by atoms with Gasteiger partial charge in [0, 0.05) is 13.0 Å². The maximum absolute atomic E-state index is 11.1. The summed E-state index contributed by atoms with van der Waals surface area (Å²) < 4.78 is 4.61. The molecule has 1 aliphatic heterocycles. The first-order valence-corrected chi connectivity index (χ1v) is 3.99. The minimum atomic E-state index is -0.234. The van der Waals surface area contributed by atoms with Gasteiger partial charge >= 0.3 is 5.97 Å². The molecule has 0 aromatic rings. The second-order valence-electron chi connectivity index (χ2n) is 3.12. The molecule has 1 fully saturated rings. The molecular formula is C8H13NO3. The fourth-order valence-corrected chi connectivity index (χ4v) is 1.40. The van der Waals surface area contributed by atoms with Crippen molar-refractivity contribution in [1.82, 2.24) is 5.32 Å². The van der Waals surface area contributed by atoms with Crippen LogP contribution in [-0.2, 0) is 14.3 Å². The summed E-state index contributed by atoms with van der Waals surface area (Å²) in [5.41, 5.74) is 0. The summed E-state index contributed by atoms with van der Waals surface area (Å²) in [6.45, 7) is 2.30. The zero-order valence-corrected chi connectivity index (χ0v) is 7.29. The smallest absolute Gasteiger partial charge is 0.310 e. The number of rotatable bonds is 1. The highest BCUT2D eigenvalue weighted by molar-refractivity contribution is 5.81. The first-order chi connectivity index (χ1) is 5.65. The molecular weight excluding hydrogens is 158 g/mol. The van der Waals surface area contributed by atoms with Crippen LogP contribution in [0.2, 0.25) is 0 Å². The Balaban J connectivity index is 2.56. The maximum atomic E-state index is 11.1. The van der Waals surface area contributed by atoms with Crippen LogP contribution in [-0.4, -0.2) is 25.5 Å². The lowest BCUT2D eigenvalue weighted by Gasteiger charge is -2.26. The molecule has 68 valence electrons. The predicted octanol–water partition coefficient (Wildman–Crippen LogP) is -0.0684. The standard InChI is InChI=1S/C8H13NO3/c1-5-3-7(10)9-4-6(5)8(11)12-2/h5-6H,3-4H2,1-2H3,(H,9,10). The number of ether oxygens (including phenoxy) is 1. The first kappa shape index (κ1) is 9.03. The second-order valence-corrected chi connectivity index (χ2v) is 3.12. The number of carbonyl (C=O) groups excluding carboxylic acids is 2. The van der Waals surface area contributed by atoms with E-state index in [1.54, 1.807) is 0 Å². The molecule has 1 N–H and O–H groups in total. The van der Waals surface area contributed by atoms with Gasteiger partial charge in [-0.25, -0.2) is 0 Å². The zero-order valence-electron chi connectivity index (χ0n) is 7.29. The monoisotopic (exact) mass is 171 g/mol. The van der Waals surface area contributed by atoms with Gasteiger partial charge in [0.2, 0.25) is 5.91 Å². The van der Waals surface area contributed by atoms with Crippen LogP contribution in [0.25, 0.3) is 0 Å². The van der Waals surface area contributed by atoms with E-state index in [4.69, 9.17) is 0 Å². The van der Waals surface area contributed by atoms with E-state index in [0.717, 1.165) is 0 Å². The summed E-state index contributed by atoms with van der Waals surface area (Å²) >= 11 is 0. The van der Waals surface area contributed by atoms with Gasteiger partial charge in [-0.05, 0) is 5.92 Å². The van der Waals surface area contributed by atoms with E-state index in [-0.39, 0.29) is 23.7 Å². The highest BCUT2D eigenvalue weighted by Gasteiger charge is 2.31. The van der Waals surface area contributed by atoms with Gasteiger partial charge in [-0.15, -0.1) is 0 Å². The van der Waals surface area contributed by atoms with Crippen LogP contribution in [0.4, 0.5) is 0 Å². The fourth-order valence-electron chi connectivity index (χ4n) is 1.40. The third kappa shape index (κ3) is 1.75. The number of carbonyl (C=O) groups is 2. The van der Waals surface area contributed by atoms with Crippen molar-refractivity contribution in [3.8, 4) is 0 Å². The largest absolute Gasteiger partial charge is 0.469 e. The van der Waals surface area contributed by atoms with Crippen molar-refractivity contribution < 1.29 is 14.3 Å². The molecule has 2 unspecified atom stereocenters. The van der Waals surface area contributed by atoms with E-state index in [0.29, 0.717) is 13.0 Å². The van der Waals surface area contributed by atoms with Crippen molar-refractivity contribution in [1.29, 1.82) is 0 Å². The Kier molecular flexibility index (Phi) is 2.68. The van der Waals surface area contributed by atoms with E-state index < -0.39 is 0 Å². The average Bonchev–Trinajstić information content (AvgIpc) is 2.03. The van der Waals surface area contributed by atoms with Gasteiger partial charge in [0.1, 0.15) is 0 Å². The van der Waals surface area contributed by atoms with Crippen LogP contribution in [0.3, 0.4) is 0 Å². The third-order valence-corrected chi connectivity index (χ3v) is 2.22. The van der Waals surface area contributed by atoms with E-state index in [1.165, 1.54) is 7.11 Å². The molecule has 1 rings (SSSR count). The number of esters is 1. The number of amides is 1. The minimum Gasteiger partial charge on any atom is -0.469 e. The molecule has 0 radical (unpaired) electrons. The van der Waals surface area contributed by atoms with Crippen LogP contribution in [0, 0.1) is 11.8 Å². The molecule has 0 spiro atoms. The summed E-state index contributed by atoms with van der Waals surface area (Å²) in [5.74, 6) is -0.302. The summed E-state index contributed by atoms with van der Waals surface area (Å²) in [5, 5.41) is 2.64. The van der Waals surface area contributed by atoms with Crippen molar-refractivity contribution in [2.75, 3.05) is 13.7 Å². The van der Waals surface area contributed by atoms with Crippen LogP contribution in [0.15, 0.2) is 0 Å². The molecule has 1 heterocycles. The van der Waals surface area contributed by atoms with Gasteiger partial charge in [0.05, 0.1) is 13.0 Å². The minimum absolute atomic E-state index is 0.0163. The van der Waals surface area contributed by atoms with Crippen molar-refractivity contribution >= 4 is 11.9 Å². The number of hydrogen-bond donors (Lipinski definition) is 1. The highest BCUT2D eigenvalue weighted by Crippen LogP contribution is 2.19. The van der Waals surface area contributed by atoms with Gasteiger partial charge < -0.3 is 10.1 Å². The molecule has 4 nitrogen and oxygen atoms in total. The molecule has 1 aliphatic rings. The zero-order chi connectivity index (χ0) is 9.14. The Morgan fingerprint density at radius 3 is 2.83 bits per heavy atom. The van der Waals surface area contributed by atoms with E-state index in [1.807, 2.05) is 6.92 Å². The predicted molar refractivity (Wildman–Crippen MR) is 42.3 cm³/mol. The summed E-state index contributed by atoms with van der Waals surface area (Å²) in [4.78, 5) is 22.0. The molecule has 0 aromatic heterocycles. The van der Waals surface area contributed by atoms with E-state index >= 15 is 0 Å². The average molecular weight is 171 g/mol. The molecule has 0 bridgehead atoms. The highest BCUT2D eigenvalue weighted by atomic mass is 16.5. The lowest BCUT2D eigenvalue weighted by molar-refractivity contribution is -0.148. The molecule has 0 saturated carbocycles. The SMILES string of the molecule is COC(=O)C1CNC(=O)CC1C. The molecule has 0 aromatic carbocycles. The molecule has 1 amide bonds. The Morgan fingerprint density at radius 1 is 1.67 bits per heavy atom. The Morgan fingerprint density at radius 2 is 2.33 bits per heavy atom. The van der Waals surface area contributed by atoms with E-state index in [9.17, 15) is 9.59 Å². The van der Waals surface area contributed by atoms with Crippen molar-refractivity contribution in [2.45, 2.75) is 13.3 Å². The van der Waals surface area contributed by atoms with Crippen LogP contribution in [0.5, 0.6) is 0 Å². The fraction of sp³-hybridized carbons (Fsp3) is 0.750. The molecule has 0 aliphatic carbocycles. The van der Waals surface area contributed by atoms with Gasteiger partial charge in [0.15, 0.2) is 0 Å². The number of hydrogen-bond acceptors (Lipinski definition) is 3. The molecule has 12 heavy (non-hydrogen) atoms. The number of methoxy groups -OCH3 is 1. The maximum Gasteiger partial charge on any atom is 0.310 e. The van der Waals surface area contributed by atoms with E-state index in [2.05, 4.69) is 10.1 Å². The van der Waals surface area contributed by atoms with Crippen molar-refractivity contribution in [3.63, 3.8) is 0 Å². The van der Waals surface area contributed by atoms with Crippen LogP contribution >= 0.6 is 0 Å². The molecule has 1 saturated heterocycles. The topological polar surface area (TPSA) is 55.4 Å². The normalized spacial score (nSPS) is 29.3. The Bertz CT molecular complexity index is 202. The van der Waals surface area contributed by atoms with Crippen LogP contribution < -0.4 is 5.32 Å². The van der Waals surface area contributed by atoms with Gasteiger partial charge in [-0.1, -0.05) is 6.92 Å². The first-order valence-electron chi connectivity index (χ1n) is 3.99. The molecule has 2 atom stereocenters. The lowest BCUT2D eigenvalue weighted by Crippen LogP contribution is -2.43. The summed E-state index contributed by atoms with van der Waals surface area (Å²) in [7, 11) is 1.37. The van der Waals surface area contributed by atoms with Crippen molar-refractivity contribution in [3.05, 3.63) is 0 Å². The number of nitrogens with one attached hydrogen (secondary N) is 1. The third-order valence-electron chi connectivity index (χ3n) is 2.22.